The van der Waals surface area contributed by atoms with E-state index in [0.29, 0.717) is 9.49 Å². The van der Waals surface area contributed by atoms with Gasteiger partial charge in [0, 0.05) is 27.2 Å². The van der Waals surface area contributed by atoms with Gasteiger partial charge in [-0.25, -0.2) is 4.99 Å². The predicted molar refractivity (Wildman–Crippen MR) is 101 cm³/mol. The molecule has 5 nitrogen and oxygen atoms in total. The van der Waals surface area contributed by atoms with Crippen molar-refractivity contribution in [3.63, 3.8) is 0 Å². The summed E-state index contributed by atoms with van der Waals surface area (Å²) in [6.07, 6.45) is 0. The smallest absolute Gasteiger partial charge is 0.171 e. The number of thioether (sulfide) groups is 1. The molecule has 22 heavy (non-hydrogen) atoms. The molecule has 0 amide bonds. The number of hydrogen-bond acceptors (Lipinski definition) is 5. The lowest BCUT2D eigenvalue weighted by atomic mass is 10.3. The summed E-state index contributed by atoms with van der Waals surface area (Å²) >= 11 is 6.74. The topological polar surface area (TPSA) is 59.3 Å². The first-order chi connectivity index (χ1) is 9.90. The fourth-order valence-electron chi connectivity index (χ4n) is 1.57. The number of phenols is 2. The Morgan fingerprint density at radius 2 is 1.68 bits per heavy atom. The standard InChI is InChI=1S/C14H21N3O2S2.ClH/c1-5-17(6-2)14(20)21-13(16(3)4)15-12-10(18)8-7-9-11(12)19;/h7-9,18-19H,5-6H2,1-4H3;1H. The van der Waals surface area contributed by atoms with E-state index in [0.717, 1.165) is 13.1 Å². The molecule has 1 aromatic rings. The molecule has 0 radical (unpaired) electrons. The molecule has 0 saturated heterocycles. The number of halogens is 1. The normalized spacial score (nSPS) is 10.8. The van der Waals surface area contributed by atoms with Gasteiger partial charge in [0.05, 0.1) is 0 Å². The highest BCUT2D eigenvalue weighted by Crippen LogP contribution is 2.36. The second-order valence-corrected chi connectivity index (χ2v) is 6.08. The van der Waals surface area contributed by atoms with E-state index >= 15 is 0 Å². The summed E-state index contributed by atoms with van der Waals surface area (Å²) in [6.45, 7) is 5.73. The van der Waals surface area contributed by atoms with E-state index in [9.17, 15) is 10.2 Å². The van der Waals surface area contributed by atoms with Crippen molar-refractivity contribution < 1.29 is 10.2 Å². The van der Waals surface area contributed by atoms with Gasteiger partial charge in [-0.1, -0.05) is 18.3 Å². The third-order valence-electron chi connectivity index (χ3n) is 2.78. The van der Waals surface area contributed by atoms with E-state index in [2.05, 4.69) is 4.99 Å². The van der Waals surface area contributed by atoms with E-state index in [1.807, 2.05) is 32.8 Å². The van der Waals surface area contributed by atoms with Crippen LogP contribution in [-0.2, 0) is 0 Å². The van der Waals surface area contributed by atoms with Gasteiger partial charge in [0.1, 0.15) is 21.5 Å². The number of amidine groups is 1. The van der Waals surface area contributed by atoms with Gasteiger partial charge in [0.25, 0.3) is 0 Å². The number of nitrogens with zero attached hydrogens (tertiary/aromatic N) is 3. The lowest BCUT2D eigenvalue weighted by molar-refractivity contribution is 0.453. The van der Waals surface area contributed by atoms with Crippen molar-refractivity contribution >= 4 is 51.6 Å². The molecular formula is C14H22ClN3O2S2. The monoisotopic (exact) mass is 363 g/mol. The fourth-order valence-corrected chi connectivity index (χ4v) is 2.91. The summed E-state index contributed by atoms with van der Waals surface area (Å²) in [5.74, 6) is -0.132. The molecule has 0 aliphatic rings. The van der Waals surface area contributed by atoms with Gasteiger partial charge < -0.3 is 20.0 Å². The average molecular weight is 364 g/mol. The molecule has 1 aromatic carbocycles. The summed E-state index contributed by atoms with van der Waals surface area (Å²) in [5, 5.41) is 20.2. The quantitative estimate of drug-likeness (QED) is 0.487. The molecule has 0 saturated carbocycles. The van der Waals surface area contributed by atoms with Crippen LogP contribution in [0.5, 0.6) is 11.5 Å². The Labute approximate surface area is 147 Å². The zero-order valence-electron chi connectivity index (χ0n) is 13.1. The lowest BCUT2D eigenvalue weighted by Gasteiger charge is -2.23. The summed E-state index contributed by atoms with van der Waals surface area (Å²) < 4.78 is 0.711. The van der Waals surface area contributed by atoms with Crippen molar-refractivity contribution in [3.8, 4) is 11.5 Å². The minimum absolute atomic E-state index is 0. The number of hydrogen-bond donors (Lipinski definition) is 2. The zero-order valence-corrected chi connectivity index (χ0v) is 15.6. The van der Waals surface area contributed by atoms with E-state index in [4.69, 9.17) is 12.2 Å². The second-order valence-electron chi connectivity index (χ2n) is 4.47. The van der Waals surface area contributed by atoms with Crippen LogP contribution in [-0.4, -0.2) is 56.7 Å². The summed E-state index contributed by atoms with van der Waals surface area (Å²) in [7, 11) is 3.68. The number of thiocarbonyl (C=S) groups is 1. The lowest BCUT2D eigenvalue weighted by Crippen LogP contribution is -2.30. The van der Waals surface area contributed by atoms with Gasteiger partial charge in [-0.2, -0.15) is 0 Å². The predicted octanol–water partition coefficient (Wildman–Crippen LogP) is 3.43. The van der Waals surface area contributed by atoms with Crippen LogP contribution in [0.15, 0.2) is 23.2 Å². The third-order valence-corrected chi connectivity index (χ3v) is 4.36. The second kappa shape index (κ2) is 9.76. The Morgan fingerprint density at radius 3 is 2.09 bits per heavy atom. The number of rotatable bonds is 3. The summed E-state index contributed by atoms with van der Waals surface area (Å²) in [6, 6.07) is 4.53. The fraction of sp³-hybridized carbons (Fsp3) is 0.429. The molecule has 0 spiro atoms. The van der Waals surface area contributed by atoms with Crippen LogP contribution < -0.4 is 0 Å². The van der Waals surface area contributed by atoms with Crippen molar-refractivity contribution in [1.82, 2.24) is 9.80 Å². The van der Waals surface area contributed by atoms with Crippen LogP contribution in [0.1, 0.15) is 13.8 Å². The molecule has 124 valence electrons. The van der Waals surface area contributed by atoms with Crippen molar-refractivity contribution in [2.75, 3.05) is 27.2 Å². The highest BCUT2D eigenvalue weighted by Gasteiger charge is 2.14. The Bertz CT molecular complexity index is 515. The van der Waals surface area contributed by atoms with Crippen LogP contribution in [0.2, 0.25) is 0 Å². The maximum atomic E-state index is 9.82. The van der Waals surface area contributed by atoms with Crippen molar-refractivity contribution in [3.05, 3.63) is 18.2 Å². The number of phenolic OH excluding ortho intramolecular Hbond substituents is 2. The van der Waals surface area contributed by atoms with E-state index in [-0.39, 0.29) is 29.6 Å². The van der Waals surface area contributed by atoms with E-state index in [1.165, 1.54) is 23.9 Å². The molecule has 1 rings (SSSR count). The summed E-state index contributed by atoms with van der Waals surface area (Å²) in [4.78, 5) is 8.18. The van der Waals surface area contributed by atoms with Crippen LogP contribution in [0, 0.1) is 0 Å². The molecule has 0 heterocycles. The van der Waals surface area contributed by atoms with Gasteiger partial charge in [0.2, 0.25) is 0 Å². The molecule has 0 aliphatic carbocycles. The van der Waals surface area contributed by atoms with E-state index in [1.54, 1.807) is 11.0 Å². The summed E-state index contributed by atoms with van der Waals surface area (Å²) in [5.41, 5.74) is 0.149. The molecule has 8 heteroatoms. The molecule has 0 unspecified atom stereocenters. The molecule has 0 atom stereocenters. The highest BCUT2D eigenvalue weighted by molar-refractivity contribution is 8.32. The zero-order chi connectivity index (χ0) is 16.0. The van der Waals surface area contributed by atoms with Crippen LogP contribution >= 0.6 is 36.4 Å². The van der Waals surface area contributed by atoms with Gasteiger partial charge in [0.15, 0.2) is 5.17 Å². The molecule has 0 aromatic heterocycles. The third kappa shape index (κ3) is 5.55. The van der Waals surface area contributed by atoms with Crippen molar-refractivity contribution in [2.45, 2.75) is 13.8 Å². The first kappa shape index (κ1) is 20.8. The average Bonchev–Trinajstić information content (AvgIpc) is 2.42. The van der Waals surface area contributed by atoms with Gasteiger partial charge in [-0.15, -0.1) is 12.4 Å². The van der Waals surface area contributed by atoms with Crippen LogP contribution in [0.4, 0.5) is 5.69 Å². The van der Waals surface area contributed by atoms with Gasteiger partial charge in [-0.3, -0.25) is 0 Å². The first-order valence-corrected chi connectivity index (χ1v) is 7.86. The number of para-hydroxylation sites is 1. The number of aliphatic imine (C=N–C) groups is 1. The maximum Gasteiger partial charge on any atom is 0.171 e. The Kier molecular flexibility index (Phi) is 9.24. The Balaban J connectivity index is 0.00000441. The first-order valence-electron chi connectivity index (χ1n) is 6.64. The Morgan fingerprint density at radius 1 is 1.18 bits per heavy atom. The van der Waals surface area contributed by atoms with E-state index < -0.39 is 0 Å². The van der Waals surface area contributed by atoms with Crippen molar-refractivity contribution in [1.29, 1.82) is 0 Å². The molecule has 0 bridgehead atoms. The highest BCUT2D eigenvalue weighted by atomic mass is 35.5. The number of aromatic hydroxyl groups is 2. The molecule has 0 fully saturated rings. The van der Waals surface area contributed by atoms with Crippen LogP contribution in [0.25, 0.3) is 0 Å². The molecule has 2 N–H and O–H groups in total. The number of benzene rings is 1. The largest absolute Gasteiger partial charge is 0.506 e. The molecular weight excluding hydrogens is 342 g/mol. The van der Waals surface area contributed by atoms with Gasteiger partial charge >= 0.3 is 0 Å². The molecule has 0 aliphatic heterocycles. The SMILES string of the molecule is CCN(CC)C(=S)SC(=Nc1c(O)cccc1O)N(C)C.Cl. The minimum atomic E-state index is -0.0660. The van der Waals surface area contributed by atoms with Crippen LogP contribution in [0.3, 0.4) is 0 Å². The van der Waals surface area contributed by atoms with Crippen molar-refractivity contribution in [2.24, 2.45) is 4.99 Å². The maximum absolute atomic E-state index is 9.82. The Hall–Kier alpha value is -1.18. The van der Waals surface area contributed by atoms with Gasteiger partial charge in [-0.05, 0) is 37.7 Å². The minimum Gasteiger partial charge on any atom is -0.506 e.